The standard InChI is InChI=1S/C11H12N4O/c1-15(2)8-9(7-12)11(16)14-10-3-5-13-6-4-10/h3-6,8H,1-2H3,(H,13,14,16). The zero-order chi connectivity index (χ0) is 12.0. The van der Waals surface area contributed by atoms with E-state index in [4.69, 9.17) is 5.26 Å². The normalized spacial score (nSPS) is 10.4. The zero-order valence-corrected chi connectivity index (χ0v) is 9.14. The van der Waals surface area contributed by atoms with Crippen LogP contribution in [0.1, 0.15) is 0 Å². The number of carbonyl (C=O) groups is 1. The molecular weight excluding hydrogens is 204 g/mol. The highest BCUT2D eigenvalue weighted by molar-refractivity contribution is 6.06. The first-order valence-electron chi connectivity index (χ1n) is 4.63. The summed E-state index contributed by atoms with van der Waals surface area (Å²) in [6, 6.07) is 5.16. The average molecular weight is 216 g/mol. The van der Waals surface area contributed by atoms with Crippen LogP contribution in [0.3, 0.4) is 0 Å². The lowest BCUT2D eigenvalue weighted by Crippen LogP contribution is -2.16. The lowest BCUT2D eigenvalue weighted by molar-refractivity contribution is -0.112. The minimum absolute atomic E-state index is 0.0572. The summed E-state index contributed by atoms with van der Waals surface area (Å²) < 4.78 is 0. The predicted octanol–water partition coefficient (Wildman–Crippen LogP) is 0.989. The van der Waals surface area contributed by atoms with E-state index in [1.807, 2.05) is 6.07 Å². The van der Waals surface area contributed by atoms with Gasteiger partial charge in [0.2, 0.25) is 0 Å². The number of aromatic nitrogens is 1. The van der Waals surface area contributed by atoms with E-state index < -0.39 is 5.91 Å². The Kier molecular flexibility index (Phi) is 4.04. The predicted molar refractivity (Wildman–Crippen MR) is 60.2 cm³/mol. The third-order valence-corrected chi connectivity index (χ3v) is 1.69. The van der Waals surface area contributed by atoms with Crippen LogP contribution in [-0.4, -0.2) is 29.9 Å². The second-order valence-corrected chi connectivity index (χ2v) is 3.31. The molecule has 0 aliphatic heterocycles. The Morgan fingerprint density at radius 3 is 2.62 bits per heavy atom. The second-order valence-electron chi connectivity index (χ2n) is 3.31. The van der Waals surface area contributed by atoms with E-state index in [0.29, 0.717) is 5.69 Å². The summed E-state index contributed by atoms with van der Waals surface area (Å²) in [6.45, 7) is 0. The fourth-order valence-corrected chi connectivity index (χ4v) is 1.03. The molecule has 82 valence electrons. The Labute approximate surface area is 94.0 Å². The van der Waals surface area contributed by atoms with Crippen molar-refractivity contribution in [3.05, 3.63) is 36.3 Å². The van der Waals surface area contributed by atoms with Crippen molar-refractivity contribution in [2.45, 2.75) is 0 Å². The monoisotopic (exact) mass is 216 g/mol. The summed E-state index contributed by atoms with van der Waals surface area (Å²) in [5.74, 6) is -0.428. The Morgan fingerprint density at radius 2 is 2.12 bits per heavy atom. The fourth-order valence-electron chi connectivity index (χ4n) is 1.03. The number of nitrogens with one attached hydrogen (secondary N) is 1. The summed E-state index contributed by atoms with van der Waals surface area (Å²) in [7, 11) is 3.49. The number of anilines is 1. The van der Waals surface area contributed by atoms with Gasteiger partial charge in [-0.25, -0.2) is 0 Å². The van der Waals surface area contributed by atoms with Crippen LogP contribution >= 0.6 is 0 Å². The Hall–Kier alpha value is -2.35. The fraction of sp³-hybridized carbons (Fsp3) is 0.182. The average Bonchev–Trinajstić information content (AvgIpc) is 2.26. The molecule has 0 aromatic carbocycles. The van der Waals surface area contributed by atoms with Crippen molar-refractivity contribution in [3.8, 4) is 6.07 Å². The molecule has 1 heterocycles. The van der Waals surface area contributed by atoms with Crippen molar-refractivity contribution in [2.75, 3.05) is 19.4 Å². The van der Waals surface area contributed by atoms with Gasteiger partial charge in [-0.15, -0.1) is 0 Å². The van der Waals surface area contributed by atoms with Crippen LogP contribution in [0.2, 0.25) is 0 Å². The third kappa shape index (κ3) is 3.42. The van der Waals surface area contributed by atoms with Crippen molar-refractivity contribution < 1.29 is 4.79 Å². The van der Waals surface area contributed by atoms with E-state index >= 15 is 0 Å². The van der Waals surface area contributed by atoms with Crippen molar-refractivity contribution >= 4 is 11.6 Å². The van der Waals surface area contributed by atoms with Gasteiger partial charge in [0.05, 0.1) is 0 Å². The van der Waals surface area contributed by atoms with E-state index in [1.165, 1.54) is 6.20 Å². The Morgan fingerprint density at radius 1 is 1.50 bits per heavy atom. The van der Waals surface area contributed by atoms with Crippen LogP contribution in [0, 0.1) is 11.3 Å². The molecule has 0 saturated heterocycles. The van der Waals surface area contributed by atoms with Crippen LogP contribution in [0.15, 0.2) is 36.3 Å². The van der Waals surface area contributed by atoms with E-state index in [1.54, 1.807) is 43.5 Å². The van der Waals surface area contributed by atoms with Crippen LogP contribution < -0.4 is 5.32 Å². The van der Waals surface area contributed by atoms with E-state index in [2.05, 4.69) is 10.3 Å². The van der Waals surface area contributed by atoms with Gasteiger partial charge in [0.25, 0.3) is 5.91 Å². The lowest BCUT2D eigenvalue weighted by atomic mass is 10.3. The third-order valence-electron chi connectivity index (χ3n) is 1.69. The molecule has 1 rings (SSSR count). The van der Waals surface area contributed by atoms with E-state index in [0.717, 1.165) is 0 Å². The summed E-state index contributed by atoms with van der Waals surface area (Å²) in [4.78, 5) is 17.1. The summed E-state index contributed by atoms with van der Waals surface area (Å²) in [6.07, 6.45) is 4.60. The van der Waals surface area contributed by atoms with Crippen LogP contribution in [0.25, 0.3) is 0 Å². The number of rotatable bonds is 3. The topological polar surface area (TPSA) is 69.0 Å². The molecule has 1 aromatic rings. The molecule has 16 heavy (non-hydrogen) atoms. The van der Waals surface area contributed by atoms with E-state index in [-0.39, 0.29) is 5.57 Å². The number of pyridine rings is 1. The number of carbonyl (C=O) groups excluding carboxylic acids is 1. The molecule has 0 bridgehead atoms. The Balaban J connectivity index is 2.76. The number of nitrogens with zero attached hydrogens (tertiary/aromatic N) is 3. The summed E-state index contributed by atoms with van der Waals surface area (Å²) >= 11 is 0. The van der Waals surface area contributed by atoms with Crippen LogP contribution in [-0.2, 0) is 4.79 Å². The molecule has 1 N–H and O–H groups in total. The van der Waals surface area contributed by atoms with Crippen LogP contribution in [0.5, 0.6) is 0 Å². The summed E-state index contributed by atoms with van der Waals surface area (Å²) in [5.41, 5.74) is 0.668. The molecule has 5 nitrogen and oxygen atoms in total. The molecule has 0 aliphatic carbocycles. The van der Waals surface area contributed by atoms with Crippen molar-refractivity contribution in [1.29, 1.82) is 5.26 Å². The molecular formula is C11H12N4O. The lowest BCUT2D eigenvalue weighted by Gasteiger charge is -2.07. The molecule has 1 amide bonds. The first-order chi connectivity index (χ1) is 7.63. The number of nitriles is 1. The zero-order valence-electron chi connectivity index (χ0n) is 9.14. The molecule has 1 aromatic heterocycles. The molecule has 5 heteroatoms. The maximum absolute atomic E-state index is 11.6. The first kappa shape index (κ1) is 11.7. The molecule has 0 unspecified atom stereocenters. The smallest absolute Gasteiger partial charge is 0.267 e. The van der Waals surface area contributed by atoms with Gasteiger partial charge in [0.1, 0.15) is 11.6 Å². The van der Waals surface area contributed by atoms with Gasteiger partial charge in [0, 0.05) is 38.4 Å². The Bertz CT molecular complexity index is 431. The molecule has 0 spiro atoms. The highest BCUT2D eigenvalue weighted by atomic mass is 16.1. The maximum atomic E-state index is 11.6. The van der Waals surface area contributed by atoms with E-state index in [9.17, 15) is 4.79 Å². The molecule has 0 atom stereocenters. The van der Waals surface area contributed by atoms with Crippen molar-refractivity contribution in [3.63, 3.8) is 0 Å². The minimum atomic E-state index is -0.428. The number of amides is 1. The van der Waals surface area contributed by atoms with Gasteiger partial charge in [-0.05, 0) is 12.1 Å². The van der Waals surface area contributed by atoms with Crippen LogP contribution in [0.4, 0.5) is 5.69 Å². The van der Waals surface area contributed by atoms with Gasteiger partial charge in [-0.3, -0.25) is 9.78 Å². The minimum Gasteiger partial charge on any atom is -0.382 e. The first-order valence-corrected chi connectivity index (χ1v) is 4.63. The highest BCUT2D eigenvalue weighted by Crippen LogP contribution is 2.06. The molecule has 0 aliphatic rings. The highest BCUT2D eigenvalue weighted by Gasteiger charge is 2.09. The number of hydrogen-bond acceptors (Lipinski definition) is 4. The largest absolute Gasteiger partial charge is 0.382 e. The van der Waals surface area contributed by atoms with Gasteiger partial charge >= 0.3 is 0 Å². The molecule has 0 saturated carbocycles. The van der Waals surface area contributed by atoms with Crippen molar-refractivity contribution in [1.82, 2.24) is 9.88 Å². The van der Waals surface area contributed by atoms with Gasteiger partial charge in [-0.2, -0.15) is 5.26 Å². The maximum Gasteiger partial charge on any atom is 0.267 e. The number of hydrogen-bond donors (Lipinski definition) is 1. The SMILES string of the molecule is CN(C)C=C(C#N)C(=O)Nc1ccncc1. The molecule has 0 radical (unpaired) electrons. The second kappa shape index (κ2) is 5.51. The van der Waals surface area contributed by atoms with Gasteiger partial charge in [-0.1, -0.05) is 0 Å². The van der Waals surface area contributed by atoms with Gasteiger partial charge in [0.15, 0.2) is 0 Å². The summed E-state index contributed by atoms with van der Waals surface area (Å²) in [5, 5.41) is 11.4. The van der Waals surface area contributed by atoms with Crippen molar-refractivity contribution in [2.24, 2.45) is 0 Å². The van der Waals surface area contributed by atoms with Gasteiger partial charge < -0.3 is 10.2 Å². The quantitative estimate of drug-likeness (QED) is 0.604. The molecule has 0 fully saturated rings.